The average Bonchev–Trinajstić information content (AvgIpc) is 2.81. The summed E-state index contributed by atoms with van der Waals surface area (Å²) >= 11 is 6.00. The molecule has 0 radical (unpaired) electrons. The summed E-state index contributed by atoms with van der Waals surface area (Å²) < 4.78 is 2.05. The molecule has 0 spiro atoms. The number of halogens is 1. The van der Waals surface area contributed by atoms with E-state index in [1.807, 2.05) is 49.5 Å². The van der Waals surface area contributed by atoms with Gasteiger partial charge in [-0.05, 0) is 35.9 Å². The first kappa shape index (κ1) is 13.9. The van der Waals surface area contributed by atoms with Crippen LogP contribution in [0.2, 0.25) is 5.02 Å². The summed E-state index contributed by atoms with van der Waals surface area (Å²) in [6.45, 7) is 0.651. The Morgan fingerprint density at radius 3 is 2.90 bits per heavy atom. The number of anilines is 1. The van der Waals surface area contributed by atoms with Crippen LogP contribution >= 0.6 is 11.6 Å². The quantitative estimate of drug-likeness (QED) is 0.777. The highest BCUT2D eigenvalue weighted by Crippen LogP contribution is 2.20. The minimum atomic E-state index is 0.0420. The van der Waals surface area contributed by atoms with Gasteiger partial charge in [-0.1, -0.05) is 23.7 Å². The molecule has 0 bridgehead atoms. The van der Waals surface area contributed by atoms with Crippen LogP contribution in [-0.2, 0) is 20.2 Å². The molecular weight excluding hydrogens is 286 g/mol. The number of imidazole rings is 1. The van der Waals surface area contributed by atoms with Gasteiger partial charge in [0.05, 0.1) is 24.2 Å². The van der Waals surface area contributed by atoms with Crippen molar-refractivity contribution in [1.82, 2.24) is 9.55 Å². The van der Waals surface area contributed by atoms with Gasteiger partial charge in [0.2, 0.25) is 0 Å². The highest BCUT2D eigenvalue weighted by atomic mass is 35.5. The molecule has 2 aromatic carbocycles. The summed E-state index contributed by atoms with van der Waals surface area (Å²) in [5, 5.41) is 13.2. The van der Waals surface area contributed by atoms with E-state index in [2.05, 4.69) is 14.9 Å². The van der Waals surface area contributed by atoms with Gasteiger partial charge in [-0.2, -0.15) is 0 Å². The summed E-state index contributed by atoms with van der Waals surface area (Å²) in [6, 6.07) is 13.4. The number of hydrogen-bond acceptors (Lipinski definition) is 3. The molecule has 0 saturated heterocycles. The normalized spacial score (nSPS) is 11.0. The molecule has 108 valence electrons. The van der Waals surface area contributed by atoms with Crippen molar-refractivity contribution in [2.45, 2.75) is 13.2 Å². The van der Waals surface area contributed by atoms with E-state index in [-0.39, 0.29) is 6.61 Å². The summed E-state index contributed by atoms with van der Waals surface area (Å²) in [6.07, 6.45) is 0. The third-order valence-electron chi connectivity index (χ3n) is 3.50. The summed E-state index contributed by atoms with van der Waals surface area (Å²) in [5.41, 5.74) is 3.80. The number of benzene rings is 2. The lowest BCUT2D eigenvalue weighted by Crippen LogP contribution is -2.06. The van der Waals surface area contributed by atoms with Crippen molar-refractivity contribution in [1.29, 1.82) is 0 Å². The van der Waals surface area contributed by atoms with Crippen molar-refractivity contribution >= 4 is 28.3 Å². The van der Waals surface area contributed by atoms with E-state index < -0.39 is 0 Å². The summed E-state index contributed by atoms with van der Waals surface area (Å²) in [7, 11) is 1.99. The number of fused-ring (bicyclic) bond motifs is 1. The number of hydrogen-bond donors (Lipinski definition) is 2. The molecule has 0 saturated carbocycles. The molecule has 0 aliphatic heterocycles. The van der Waals surface area contributed by atoms with Crippen LogP contribution in [-0.4, -0.2) is 14.7 Å². The Kier molecular flexibility index (Phi) is 3.82. The smallest absolute Gasteiger partial charge is 0.128 e. The van der Waals surface area contributed by atoms with E-state index in [0.717, 1.165) is 28.1 Å². The molecule has 0 aliphatic carbocycles. The fourth-order valence-electron chi connectivity index (χ4n) is 2.34. The van der Waals surface area contributed by atoms with Gasteiger partial charge in [0.1, 0.15) is 5.82 Å². The molecule has 3 rings (SSSR count). The number of aliphatic hydroxyl groups excluding tert-OH is 1. The SMILES string of the molecule is Cn1c(CNc2cccc(CO)c2)nc2cc(Cl)ccc21. The Balaban J connectivity index is 1.83. The minimum absolute atomic E-state index is 0.0420. The zero-order chi connectivity index (χ0) is 14.8. The molecule has 5 heteroatoms. The van der Waals surface area contributed by atoms with E-state index in [9.17, 15) is 0 Å². The maximum Gasteiger partial charge on any atom is 0.128 e. The van der Waals surface area contributed by atoms with Crippen LogP contribution in [0, 0.1) is 0 Å². The molecule has 3 aromatic rings. The maximum atomic E-state index is 9.16. The van der Waals surface area contributed by atoms with Crippen molar-refractivity contribution in [3.63, 3.8) is 0 Å². The highest BCUT2D eigenvalue weighted by Gasteiger charge is 2.07. The third kappa shape index (κ3) is 2.86. The van der Waals surface area contributed by atoms with Crippen LogP contribution in [0.3, 0.4) is 0 Å². The topological polar surface area (TPSA) is 50.1 Å². The molecule has 0 fully saturated rings. The van der Waals surface area contributed by atoms with E-state index in [4.69, 9.17) is 16.7 Å². The van der Waals surface area contributed by atoms with Crippen LogP contribution in [0.15, 0.2) is 42.5 Å². The first-order valence-electron chi connectivity index (χ1n) is 6.72. The van der Waals surface area contributed by atoms with E-state index in [1.54, 1.807) is 0 Å². The summed E-state index contributed by atoms with van der Waals surface area (Å²) in [4.78, 5) is 4.60. The molecule has 0 unspecified atom stereocenters. The molecule has 1 aromatic heterocycles. The number of aromatic nitrogens is 2. The largest absolute Gasteiger partial charge is 0.392 e. The minimum Gasteiger partial charge on any atom is -0.392 e. The standard InChI is InChI=1S/C16H16ClN3O/c1-20-15-6-5-12(17)8-14(15)19-16(20)9-18-13-4-2-3-11(7-13)10-21/h2-8,18,21H,9-10H2,1H3. The Morgan fingerprint density at radius 2 is 2.10 bits per heavy atom. The third-order valence-corrected chi connectivity index (χ3v) is 3.73. The van der Waals surface area contributed by atoms with Crippen molar-refractivity contribution < 1.29 is 5.11 Å². The van der Waals surface area contributed by atoms with Crippen LogP contribution < -0.4 is 5.32 Å². The monoisotopic (exact) mass is 301 g/mol. The molecule has 1 heterocycles. The number of nitrogens with zero attached hydrogens (tertiary/aromatic N) is 2. The van der Waals surface area contributed by atoms with Crippen LogP contribution in [0.1, 0.15) is 11.4 Å². The zero-order valence-electron chi connectivity index (χ0n) is 11.7. The van der Waals surface area contributed by atoms with E-state index in [1.165, 1.54) is 0 Å². The molecule has 4 nitrogen and oxygen atoms in total. The molecule has 0 atom stereocenters. The fourth-order valence-corrected chi connectivity index (χ4v) is 2.51. The predicted octanol–water partition coefficient (Wildman–Crippen LogP) is 3.33. The Labute approximate surface area is 128 Å². The van der Waals surface area contributed by atoms with E-state index in [0.29, 0.717) is 11.6 Å². The van der Waals surface area contributed by atoms with Crippen LogP contribution in [0.5, 0.6) is 0 Å². The Hall–Kier alpha value is -2.04. The lowest BCUT2D eigenvalue weighted by atomic mass is 10.2. The van der Waals surface area contributed by atoms with Gasteiger partial charge in [-0.15, -0.1) is 0 Å². The van der Waals surface area contributed by atoms with Gasteiger partial charge in [0.25, 0.3) is 0 Å². The fraction of sp³-hybridized carbons (Fsp3) is 0.188. The first-order chi connectivity index (χ1) is 10.2. The van der Waals surface area contributed by atoms with E-state index >= 15 is 0 Å². The second kappa shape index (κ2) is 5.76. The first-order valence-corrected chi connectivity index (χ1v) is 7.09. The lowest BCUT2D eigenvalue weighted by Gasteiger charge is -2.07. The lowest BCUT2D eigenvalue weighted by molar-refractivity contribution is 0.282. The van der Waals surface area contributed by atoms with Crippen molar-refractivity contribution in [2.75, 3.05) is 5.32 Å². The van der Waals surface area contributed by atoms with Gasteiger partial charge in [-0.25, -0.2) is 4.98 Å². The Bertz CT molecular complexity index is 782. The number of rotatable bonds is 4. The maximum absolute atomic E-state index is 9.16. The van der Waals surface area contributed by atoms with Crippen molar-refractivity contribution in [3.05, 3.63) is 58.9 Å². The zero-order valence-corrected chi connectivity index (χ0v) is 12.4. The van der Waals surface area contributed by atoms with Gasteiger partial charge < -0.3 is 15.0 Å². The van der Waals surface area contributed by atoms with Crippen molar-refractivity contribution in [2.24, 2.45) is 7.05 Å². The van der Waals surface area contributed by atoms with Crippen LogP contribution in [0.25, 0.3) is 11.0 Å². The second-order valence-electron chi connectivity index (χ2n) is 4.93. The number of aryl methyl sites for hydroxylation is 1. The van der Waals surface area contributed by atoms with Gasteiger partial charge in [0, 0.05) is 17.8 Å². The summed E-state index contributed by atoms with van der Waals surface area (Å²) in [5.74, 6) is 0.932. The highest BCUT2D eigenvalue weighted by molar-refractivity contribution is 6.31. The average molecular weight is 302 g/mol. The van der Waals surface area contributed by atoms with Crippen molar-refractivity contribution in [3.8, 4) is 0 Å². The molecule has 0 amide bonds. The van der Waals surface area contributed by atoms with Gasteiger partial charge in [-0.3, -0.25) is 0 Å². The van der Waals surface area contributed by atoms with Crippen LogP contribution in [0.4, 0.5) is 5.69 Å². The number of aliphatic hydroxyl groups is 1. The molecular formula is C16H16ClN3O. The molecule has 2 N–H and O–H groups in total. The molecule has 21 heavy (non-hydrogen) atoms. The van der Waals surface area contributed by atoms with Gasteiger partial charge >= 0.3 is 0 Å². The predicted molar refractivity (Wildman–Crippen MR) is 85.4 cm³/mol. The molecule has 0 aliphatic rings. The second-order valence-corrected chi connectivity index (χ2v) is 5.37. The number of nitrogens with one attached hydrogen (secondary N) is 1. The van der Waals surface area contributed by atoms with Gasteiger partial charge in [0.15, 0.2) is 0 Å². The Morgan fingerprint density at radius 1 is 1.24 bits per heavy atom.